The predicted octanol–water partition coefficient (Wildman–Crippen LogP) is 3.83. The Morgan fingerprint density at radius 1 is 1.00 bits per heavy atom. The normalized spacial score (nSPS) is 11.5. The number of rotatable bonds is 5. The molecule has 4 aromatic rings. The van der Waals surface area contributed by atoms with E-state index in [-0.39, 0.29) is 5.78 Å². The average molecular weight is 391 g/mol. The van der Waals surface area contributed by atoms with Crippen LogP contribution in [0, 0.1) is 0 Å². The van der Waals surface area contributed by atoms with Crippen LogP contribution in [-0.2, 0) is 10.0 Å². The lowest BCUT2D eigenvalue weighted by Gasteiger charge is -2.12. The number of hydrogen-bond acceptors (Lipinski definition) is 4. The summed E-state index contributed by atoms with van der Waals surface area (Å²) in [6.07, 6.45) is 6.02. The second-order valence-corrected chi connectivity index (χ2v) is 8.23. The first kappa shape index (κ1) is 17.9. The van der Waals surface area contributed by atoms with Crippen LogP contribution in [0.2, 0.25) is 0 Å². The highest BCUT2D eigenvalue weighted by molar-refractivity contribution is 7.92. The van der Waals surface area contributed by atoms with Crippen molar-refractivity contribution in [2.24, 2.45) is 0 Å². The summed E-state index contributed by atoms with van der Waals surface area (Å²) in [5.74, 6) is -0.206. The first-order valence-electron chi connectivity index (χ1n) is 8.55. The molecule has 6 nitrogen and oxygen atoms in total. The van der Waals surface area contributed by atoms with E-state index in [9.17, 15) is 13.2 Å². The predicted molar refractivity (Wildman–Crippen MR) is 110 cm³/mol. The van der Waals surface area contributed by atoms with E-state index in [0.717, 1.165) is 28.3 Å². The molecule has 2 aromatic carbocycles. The number of ketones is 1. The van der Waals surface area contributed by atoms with Crippen LogP contribution in [0.1, 0.15) is 15.9 Å². The van der Waals surface area contributed by atoms with Crippen molar-refractivity contribution in [1.82, 2.24) is 9.97 Å². The SMILES string of the molecule is CS(=O)(=O)Nc1cc(C(=O)c2ccncc2)cc(-c2cccc3[nH]ccc23)c1. The molecule has 0 saturated heterocycles. The molecule has 0 fully saturated rings. The third kappa shape index (κ3) is 3.65. The third-order valence-electron chi connectivity index (χ3n) is 4.35. The highest BCUT2D eigenvalue weighted by Crippen LogP contribution is 2.31. The first-order valence-corrected chi connectivity index (χ1v) is 10.4. The van der Waals surface area contributed by atoms with Gasteiger partial charge in [-0.15, -0.1) is 0 Å². The number of fused-ring (bicyclic) bond motifs is 1. The second-order valence-electron chi connectivity index (χ2n) is 6.48. The van der Waals surface area contributed by atoms with Crippen molar-refractivity contribution < 1.29 is 13.2 Å². The number of nitrogens with one attached hydrogen (secondary N) is 2. The highest BCUT2D eigenvalue weighted by atomic mass is 32.2. The lowest BCUT2D eigenvalue weighted by molar-refractivity contribution is 0.103. The number of hydrogen-bond donors (Lipinski definition) is 2. The Hall–Kier alpha value is -3.45. The van der Waals surface area contributed by atoms with Crippen LogP contribution >= 0.6 is 0 Å². The fourth-order valence-corrected chi connectivity index (χ4v) is 3.74. The molecule has 2 heterocycles. The molecule has 0 unspecified atom stereocenters. The van der Waals surface area contributed by atoms with Crippen LogP contribution in [-0.4, -0.2) is 30.4 Å². The molecular weight excluding hydrogens is 374 g/mol. The first-order chi connectivity index (χ1) is 13.4. The van der Waals surface area contributed by atoms with Crippen LogP contribution in [0.4, 0.5) is 5.69 Å². The monoisotopic (exact) mass is 391 g/mol. The number of carbonyl (C=O) groups excluding carboxylic acids is 1. The van der Waals surface area contributed by atoms with E-state index in [1.54, 1.807) is 42.7 Å². The van der Waals surface area contributed by atoms with E-state index in [4.69, 9.17) is 0 Å². The molecule has 0 atom stereocenters. The van der Waals surface area contributed by atoms with Gasteiger partial charge in [-0.2, -0.15) is 0 Å². The van der Waals surface area contributed by atoms with Gasteiger partial charge in [-0.3, -0.25) is 14.5 Å². The number of sulfonamides is 1. The molecule has 0 bridgehead atoms. The van der Waals surface area contributed by atoms with Crippen molar-refractivity contribution in [2.45, 2.75) is 0 Å². The van der Waals surface area contributed by atoms with Gasteiger partial charge in [-0.05, 0) is 53.6 Å². The topological polar surface area (TPSA) is 91.9 Å². The minimum Gasteiger partial charge on any atom is -0.361 e. The smallest absolute Gasteiger partial charge is 0.229 e. The largest absolute Gasteiger partial charge is 0.361 e. The fourth-order valence-electron chi connectivity index (χ4n) is 3.19. The number of H-pyrrole nitrogens is 1. The van der Waals surface area contributed by atoms with E-state index in [1.807, 2.05) is 30.5 Å². The molecule has 2 N–H and O–H groups in total. The number of benzene rings is 2. The van der Waals surface area contributed by atoms with E-state index in [1.165, 1.54) is 0 Å². The summed E-state index contributed by atoms with van der Waals surface area (Å²) in [5.41, 5.74) is 3.82. The Labute approximate surface area is 162 Å². The molecule has 28 heavy (non-hydrogen) atoms. The number of aromatic amines is 1. The van der Waals surface area contributed by atoms with E-state index in [2.05, 4.69) is 14.7 Å². The van der Waals surface area contributed by atoms with Gasteiger partial charge >= 0.3 is 0 Å². The third-order valence-corrected chi connectivity index (χ3v) is 4.95. The van der Waals surface area contributed by atoms with Crippen LogP contribution < -0.4 is 4.72 Å². The maximum atomic E-state index is 13.0. The Morgan fingerprint density at radius 3 is 2.54 bits per heavy atom. The summed E-state index contributed by atoms with van der Waals surface area (Å²) in [5, 5.41) is 0.987. The number of aromatic nitrogens is 2. The molecule has 0 aliphatic heterocycles. The molecule has 0 radical (unpaired) electrons. The van der Waals surface area contributed by atoms with Crippen LogP contribution in [0.3, 0.4) is 0 Å². The molecular formula is C21H17N3O3S. The molecule has 0 amide bonds. The van der Waals surface area contributed by atoms with E-state index >= 15 is 0 Å². The molecule has 140 valence electrons. The van der Waals surface area contributed by atoms with Crippen LogP contribution in [0.5, 0.6) is 0 Å². The molecule has 0 aliphatic carbocycles. The van der Waals surface area contributed by atoms with E-state index in [0.29, 0.717) is 16.8 Å². The maximum absolute atomic E-state index is 13.0. The van der Waals surface area contributed by atoms with Gasteiger partial charge in [0.1, 0.15) is 0 Å². The van der Waals surface area contributed by atoms with Gasteiger partial charge in [0, 0.05) is 46.3 Å². The Balaban J connectivity index is 1.90. The quantitative estimate of drug-likeness (QED) is 0.506. The molecule has 0 aliphatic rings. The summed E-state index contributed by atoms with van der Waals surface area (Å²) in [6.45, 7) is 0. The lowest BCUT2D eigenvalue weighted by Crippen LogP contribution is -2.11. The van der Waals surface area contributed by atoms with Gasteiger partial charge in [-0.25, -0.2) is 8.42 Å². The van der Waals surface area contributed by atoms with Crippen LogP contribution in [0.25, 0.3) is 22.0 Å². The number of carbonyl (C=O) groups is 1. The lowest BCUT2D eigenvalue weighted by atomic mass is 9.96. The number of anilines is 1. The zero-order chi connectivity index (χ0) is 19.7. The minimum absolute atomic E-state index is 0.206. The molecule has 0 saturated carbocycles. The Bertz CT molecular complexity index is 1280. The Morgan fingerprint density at radius 2 is 1.79 bits per heavy atom. The summed E-state index contributed by atoms with van der Waals surface area (Å²) in [4.78, 5) is 20.0. The van der Waals surface area contributed by atoms with Crippen molar-refractivity contribution in [2.75, 3.05) is 11.0 Å². The van der Waals surface area contributed by atoms with E-state index < -0.39 is 10.0 Å². The summed E-state index contributed by atoms with van der Waals surface area (Å²) >= 11 is 0. The van der Waals surface area contributed by atoms with Crippen LogP contribution in [0.15, 0.2) is 73.2 Å². The van der Waals surface area contributed by atoms with Gasteiger partial charge in [0.05, 0.1) is 6.26 Å². The summed E-state index contributed by atoms with van der Waals surface area (Å²) < 4.78 is 26.0. The summed E-state index contributed by atoms with van der Waals surface area (Å²) in [6, 6.07) is 16.1. The average Bonchev–Trinajstić information content (AvgIpc) is 3.15. The highest BCUT2D eigenvalue weighted by Gasteiger charge is 2.15. The molecule has 4 rings (SSSR count). The van der Waals surface area contributed by atoms with Crippen molar-refractivity contribution in [1.29, 1.82) is 0 Å². The zero-order valence-corrected chi connectivity index (χ0v) is 15.8. The van der Waals surface area contributed by atoms with Gasteiger partial charge in [-0.1, -0.05) is 12.1 Å². The second kappa shape index (κ2) is 6.94. The fraction of sp³-hybridized carbons (Fsp3) is 0.0476. The Kier molecular flexibility index (Phi) is 4.44. The van der Waals surface area contributed by atoms with Gasteiger partial charge in [0.25, 0.3) is 0 Å². The van der Waals surface area contributed by atoms with Gasteiger partial charge in [0.15, 0.2) is 5.78 Å². The number of pyridine rings is 1. The maximum Gasteiger partial charge on any atom is 0.229 e. The van der Waals surface area contributed by atoms with Crippen molar-refractivity contribution >= 4 is 32.4 Å². The van der Waals surface area contributed by atoms with Crippen molar-refractivity contribution in [3.63, 3.8) is 0 Å². The standard InChI is InChI=1S/C21H17N3O3S/c1-28(26,27)24-17-12-15(18-3-2-4-20-19(18)7-10-23-20)11-16(13-17)21(25)14-5-8-22-9-6-14/h2-13,23-24H,1H3. The zero-order valence-electron chi connectivity index (χ0n) is 15.0. The van der Waals surface area contributed by atoms with Crippen molar-refractivity contribution in [3.8, 4) is 11.1 Å². The molecule has 0 spiro atoms. The van der Waals surface area contributed by atoms with Gasteiger partial charge < -0.3 is 4.98 Å². The number of nitrogens with zero attached hydrogens (tertiary/aromatic N) is 1. The molecule has 2 aromatic heterocycles. The van der Waals surface area contributed by atoms with Crippen molar-refractivity contribution in [3.05, 3.63) is 84.3 Å². The summed E-state index contributed by atoms with van der Waals surface area (Å²) in [7, 11) is -3.49. The molecule has 7 heteroatoms. The van der Waals surface area contributed by atoms with Gasteiger partial charge in [0.2, 0.25) is 10.0 Å². The minimum atomic E-state index is -3.49.